The molecule has 1 aliphatic heterocycles. The number of carbonyl (C=O) groups excluding carboxylic acids is 1. The molecule has 2 atom stereocenters. The van der Waals surface area contributed by atoms with Gasteiger partial charge < -0.3 is 15.2 Å². The summed E-state index contributed by atoms with van der Waals surface area (Å²) in [7, 11) is 0. The Morgan fingerprint density at radius 1 is 1.57 bits per heavy atom. The molecule has 3 rings (SSSR count). The minimum atomic E-state index is -0.560. The highest BCUT2D eigenvalue weighted by atomic mass is 32.1. The number of nitrogens with one attached hydrogen (secondary N) is 1. The van der Waals surface area contributed by atoms with Crippen LogP contribution in [0, 0.1) is 0 Å². The molecule has 0 fully saturated rings. The number of amides is 1. The van der Waals surface area contributed by atoms with E-state index in [1.54, 1.807) is 12.3 Å². The second-order valence-corrected chi connectivity index (χ2v) is 6.75. The van der Waals surface area contributed by atoms with Crippen LogP contribution in [0.3, 0.4) is 0 Å². The fourth-order valence-corrected chi connectivity index (χ4v) is 3.39. The van der Waals surface area contributed by atoms with Gasteiger partial charge in [0.2, 0.25) is 0 Å². The van der Waals surface area contributed by atoms with E-state index in [-0.39, 0.29) is 11.9 Å². The summed E-state index contributed by atoms with van der Waals surface area (Å²) in [6.07, 6.45) is 3.40. The van der Waals surface area contributed by atoms with Crippen molar-refractivity contribution >= 4 is 17.2 Å². The van der Waals surface area contributed by atoms with Gasteiger partial charge in [0, 0.05) is 10.9 Å². The number of aliphatic hydroxyl groups is 1. The van der Waals surface area contributed by atoms with Gasteiger partial charge in [0.15, 0.2) is 0 Å². The average Bonchev–Trinajstić information content (AvgIpc) is 3.08. The number of thiophene rings is 1. The molecule has 3 heterocycles. The Balaban J connectivity index is 1.60. The number of hydrogen-bond acceptors (Lipinski definition) is 5. The molecule has 0 bridgehead atoms. The SMILES string of the molecule is CC(CC(O)c1cccs1)NC(=O)c1cc2c(cn1)OCCC2. The molecule has 2 aromatic rings. The van der Waals surface area contributed by atoms with E-state index < -0.39 is 6.10 Å². The van der Waals surface area contributed by atoms with Gasteiger partial charge >= 0.3 is 0 Å². The minimum Gasteiger partial charge on any atom is -0.492 e. The number of rotatable bonds is 5. The maximum Gasteiger partial charge on any atom is 0.270 e. The van der Waals surface area contributed by atoms with E-state index in [2.05, 4.69) is 10.3 Å². The fourth-order valence-electron chi connectivity index (χ4n) is 2.67. The molecule has 0 aliphatic carbocycles. The van der Waals surface area contributed by atoms with Crippen molar-refractivity contribution in [2.75, 3.05) is 6.61 Å². The zero-order valence-electron chi connectivity index (χ0n) is 13.0. The first-order chi connectivity index (χ1) is 11.1. The molecule has 1 amide bonds. The van der Waals surface area contributed by atoms with Crippen molar-refractivity contribution in [1.29, 1.82) is 0 Å². The summed E-state index contributed by atoms with van der Waals surface area (Å²) >= 11 is 1.51. The van der Waals surface area contributed by atoms with Crippen LogP contribution in [0.4, 0.5) is 0 Å². The summed E-state index contributed by atoms with van der Waals surface area (Å²) < 4.78 is 5.51. The fraction of sp³-hybridized carbons (Fsp3) is 0.412. The quantitative estimate of drug-likeness (QED) is 0.883. The second-order valence-electron chi connectivity index (χ2n) is 5.77. The molecular formula is C17H20N2O3S. The average molecular weight is 332 g/mol. The van der Waals surface area contributed by atoms with E-state index in [4.69, 9.17) is 4.74 Å². The van der Waals surface area contributed by atoms with Gasteiger partial charge in [0.1, 0.15) is 11.4 Å². The molecule has 1 aliphatic rings. The third-order valence-corrected chi connectivity index (χ3v) is 4.83. The number of pyridine rings is 1. The Bertz CT molecular complexity index is 672. The van der Waals surface area contributed by atoms with Gasteiger partial charge in [-0.15, -0.1) is 11.3 Å². The third-order valence-electron chi connectivity index (χ3n) is 3.85. The standard InChI is InChI=1S/C17H20N2O3S/c1-11(8-14(20)16-5-3-7-23-16)19-17(21)13-9-12-4-2-6-22-15(12)10-18-13/h3,5,7,9-11,14,20H,2,4,6,8H2,1H3,(H,19,21). The number of hydrogen-bond donors (Lipinski definition) is 2. The topological polar surface area (TPSA) is 71.5 Å². The molecule has 6 heteroatoms. The molecule has 2 aromatic heterocycles. The van der Waals surface area contributed by atoms with Gasteiger partial charge in [-0.2, -0.15) is 0 Å². The zero-order chi connectivity index (χ0) is 16.2. The normalized spacial score (nSPS) is 16.1. The van der Waals surface area contributed by atoms with Gasteiger partial charge in [-0.3, -0.25) is 4.79 Å². The predicted molar refractivity (Wildman–Crippen MR) is 88.9 cm³/mol. The predicted octanol–water partition coefficient (Wildman–Crippen LogP) is 2.71. The molecule has 2 N–H and O–H groups in total. The lowest BCUT2D eigenvalue weighted by atomic mass is 10.1. The van der Waals surface area contributed by atoms with Crippen LogP contribution < -0.4 is 10.1 Å². The number of carbonyl (C=O) groups is 1. The molecular weight excluding hydrogens is 312 g/mol. The Morgan fingerprint density at radius 3 is 3.22 bits per heavy atom. The summed E-state index contributed by atoms with van der Waals surface area (Å²) in [6, 6.07) is 5.46. The molecule has 122 valence electrons. The van der Waals surface area contributed by atoms with E-state index in [9.17, 15) is 9.90 Å². The Hall–Kier alpha value is -1.92. The maximum absolute atomic E-state index is 12.3. The first kappa shape index (κ1) is 16.0. The molecule has 0 spiro atoms. The van der Waals surface area contributed by atoms with Crippen molar-refractivity contribution in [1.82, 2.24) is 10.3 Å². The summed E-state index contributed by atoms with van der Waals surface area (Å²) in [5.74, 6) is 0.554. The van der Waals surface area contributed by atoms with Gasteiger partial charge in [-0.05, 0) is 49.3 Å². The van der Waals surface area contributed by atoms with Crippen LogP contribution in [0.1, 0.15) is 46.8 Å². The lowest BCUT2D eigenvalue weighted by molar-refractivity contribution is 0.0913. The lowest BCUT2D eigenvalue weighted by Crippen LogP contribution is -2.34. The Kier molecular flexibility index (Phi) is 4.93. The van der Waals surface area contributed by atoms with Crippen LogP contribution in [0.2, 0.25) is 0 Å². The van der Waals surface area contributed by atoms with E-state index in [1.165, 1.54) is 11.3 Å². The highest BCUT2D eigenvalue weighted by molar-refractivity contribution is 7.10. The summed E-state index contributed by atoms with van der Waals surface area (Å²) in [5.41, 5.74) is 1.43. The third kappa shape index (κ3) is 3.89. The van der Waals surface area contributed by atoms with Crippen molar-refractivity contribution in [3.05, 3.63) is 45.9 Å². The Labute approximate surface area is 139 Å². The minimum absolute atomic E-state index is 0.145. The molecule has 2 unspecified atom stereocenters. The monoisotopic (exact) mass is 332 g/mol. The van der Waals surface area contributed by atoms with E-state index in [0.717, 1.165) is 29.0 Å². The van der Waals surface area contributed by atoms with Crippen molar-refractivity contribution in [3.63, 3.8) is 0 Å². The highest BCUT2D eigenvalue weighted by Crippen LogP contribution is 2.25. The maximum atomic E-state index is 12.3. The van der Waals surface area contributed by atoms with Crippen molar-refractivity contribution in [2.24, 2.45) is 0 Å². The molecule has 0 aromatic carbocycles. The second kappa shape index (κ2) is 7.10. The van der Waals surface area contributed by atoms with Gasteiger partial charge in [0.25, 0.3) is 5.91 Å². The molecule has 23 heavy (non-hydrogen) atoms. The van der Waals surface area contributed by atoms with Gasteiger partial charge in [0.05, 0.1) is 18.9 Å². The van der Waals surface area contributed by atoms with Crippen LogP contribution >= 0.6 is 11.3 Å². The first-order valence-corrected chi connectivity index (χ1v) is 8.65. The number of fused-ring (bicyclic) bond motifs is 1. The van der Waals surface area contributed by atoms with Gasteiger partial charge in [-0.1, -0.05) is 6.07 Å². The number of aromatic nitrogens is 1. The van der Waals surface area contributed by atoms with Crippen LogP contribution in [-0.2, 0) is 6.42 Å². The largest absolute Gasteiger partial charge is 0.492 e. The number of ether oxygens (including phenoxy) is 1. The van der Waals surface area contributed by atoms with E-state index in [0.29, 0.717) is 18.7 Å². The van der Waals surface area contributed by atoms with Crippen molar-refractivity contribution in [2.45, 2.75) is 38.3 Å². The number of nitrogens with zero attached hydrogens (tertiary/aromatic N) is 1. The van der Waals surface area contributed by atoms with Gasteiger partial charge in [-0.25, -0.2) is 4.98 Å². The molecule has 5 nitrogen and oxygen atoms in total. The van der Waals surface area contributed by atoms with Crippen LogP contribution in [0.25, 0.3) is 0 Å². The summed E-state index contributed by atoms with van der Waals surface area (Å²) in [6.45, 7) is 2.59. The molecule has 0 saturated heterocycles. The lowest BCUT2D eigenvalue weighted by Gasteiger charge is -2.19. The van der Waals surface area contributed by atoms with E-state index >= 15 is 0 Å². The first-order valence-electron chi connectivity index (χ1n) is 7.77. The zero-order valence-corrected chi connectivity index (χ0v) is 13.8. The van der Waals surface area contributed by atoms with Crippen LogP contribution in [0.15, 0.2) is 29.8 Å². The highest BCUT2D eigenvalue weighted by Gasteiger charge is 2.18. The van der Waals surface area contributed by atoms with E-state index in [1.807, 2.05) is 24.4 Å². The number of aliphatic hydroxyl groups excluding tert-OH is 1. The summed E-state index contributed by atoms with van der Waals surface area (Å²) in [5, 5.41) is 15.0. The van der Waals surface area contributed by atoms with Crippen molar-refractivity contribution < 1.29 is 14.6 Å². The Morgan fingerprint density at radius 2 is 2.43 bits per heavy atom. The van der Waals surface area contributed by atoms with Crippen molar-refractivity contribution in [3.8, 4) is 5.75 Å². The summed E-state index contributed by atoms with van der Waals surface area (Å²) in [4.78, 5) is 17.4. The number of aryl methyl sites for hydroxylation is 1. The van der Waals surface area contributed by atoms with Crippen LogP contribution in [0.5, 0.6) is 5.75 Å². The smallest absolute Gasteiger partial charge is 0.270 e. The molecule has 0 radical (unpaired) electrons. The van der Waals surface area contributed by atoms with Crippen LogP contribution in [-0.4, -0.2) is 28.6 Å². The molecule has 0 saturated carbocycles.